The number of aryl methyl sites for hydroxylation is 1. The predicted molar refractivity (Wildman–Crippen MR) is 134 cm³/mol. The second-order valence-corrected chi connectivity index (χ2v) is 9.18. The van der Waals surface area contributed by atoms with Crippen LogP contribution in [0.15, 0.2) is 36.7 Å². The Labute approximate surface area is 206 Å². The molecule has 0 saturated heterocycles. The van der Waals surface area contributed by atoms with E-state index in [1.54, 1.807) is 0 Å². The van der Waals surface area contributed by atoms with Gasteiger partial charge in [0.25, 0.3) is 11.8 Å². The number of ether oxygens (including phenoxy) is 1. The summed E-state index contributed by atoms with van der Waals surface area (Å²) in [6, 6.07) is 9.76. The molecule has 0 unspecified atom stereocenters. The lowest BCUT2D eigenvalue weighted by atomic mass is 9.99. The van der Waals surface area contributed by atoms with Gasteiger partial charge >= 0.3 is 0 Å². The smallest absolute Gasteiger partial charge is 0.272 e. The summed E-state index contributed by atoms with van der Waals surface area (Å²) in [7, 11) is 0. The first-order chi connectivity index (χ1) is 17.5. The van der Waals surface area contributed by atoms with Gasteiger partial charge in [-0.15, -0.1) is 0 Å². The number of amides is 2. The molecule has 0 radical (unpaired) electrons. The van der Waals surface area contributed by atoms with Crippen molar-refractivity contribution in [2.45, 2.75) is 39.3 Å². The summed E-state index contributed by atoms with van der Waals surface area (Å²) in [5.41, 5.74) is 7.89. The van der Waals surface area contributed by atoms with Crippen LogP contribution in [0.1, 0.15) is 50.8 Å². The number of aromatic nitrogens is 4. The molecule has 2 amide bonds. The predicted octanol–water partition coefficient (Wildman–Crippen LogP) is 3.33. The average Bonchev–Trinajstić information content (AvgIpc) is 3.49. The normalized spacial score (nSPS) is 16.2. The number of nitrogens with one attached hydrogen (secondary N) is 4. The number of nitrogens with zero attached hydrogens (tertiary/aromatic N) is 3. The summed E-state index contributed by atoms with van der Waals surface area (Å²) in [5.74, 6) is 0.706. The summed E-state index contributed by atoms with van der Waals surface area (Å²) in [4.78, 5) is 33.4. The quantitative estimate of drug-likeness (QED) is 0.342. The molecular formula is C26H25N7O3. The summed E-state index contributed by atoms with van der Waals surface area (Å²) >= 11 is 0. The van der Waals surface area contributed by atoms with Crippen molar-refractivity contribution in [2.24, 2.45) is 0 Å². The van der Waals surface area contributed by atoms with Crippen LogP contribution in [0.4, 0.5) is 11.5 Å². The molecule has 182 valence electrons. The van der Waals surface area contributed by atoms with Crippen LogP contribution in [-0.2, 0) is 17.8 Å². The molecule has 10 nitrogen and oxygen atoms in total. The SMILES string of the molecule is Cc1ccc2c(c1C)CC[C@@H]2NC(=O)c1ncnc2c(NCc3ccc4c(c3)NC(=O)CO4)n[nH]c12. The summed E-state index contributed by atoms with van der Waals surface area (Å²) in [5, 5.41) is 16.4. The molecule has 2 aromatic carbocycles. The van der Waals surface area contributed by atoms with E-state index in [-0.39, 0.29) is 30.2 Å². The molecule has 4 N–H and O–H groups in total. The second kappa shape index (κ2) is 8.63. The van der Waals surface area contributed by atoms with Gasteiger partial charge in [0.2, 0.25) is 0 Å². The highest BCUT2D eigenvalue weighted by molar-refractivity contribution is 6.05. The first kappa shape index (κ1) is 22.0. The van der Waals surface area contributed by atoms with Gasteiger partial charge in [0, 0.05) is 6.54 Å². The third-order valence-corrected chi connectivity index (χ3v) is 6.97. The Hall–Kier alpha value is -4.47. The molecule has 36 heavy (non-hydrogen) atoms. The number of aromatic amines is 1. The average molecular weight is 484 g/mol. The van der Waals surface area contributed by atoms with Crippen LogP contribution < -0.4 is 20.7 Å². The van der Waals surface area contributed by atoms with Crippen LogP contribution in [0.25, 0.3) is 11.0 Å². The lowest BCUT2D eigenvalue weighted by molar-refractivity contribution is -0.118. The van der Waals surface area contributed by atoms with Crippen LogP contribution in [0.2, 0.25) is 0 Å². The first-order valence-electron chi connectivity index (χ1n) is 11.9. The highest BCUT2D eigenvalue weighted by Gasteiger charge is 2.27. The number of H-pyrrole nitrogens is 1. The standard InChI is InChI=1S/C26H25N7O3/c1-13-3-5-17-16(14(13)2)6-7-18(17)31-26(35)24-22-23(28-12-29-24)25(33-32-22)27-10-15-4-8-20-19(9-15)30-21(34)11-36-20/h3-5,8-9,12,18H,6-7,10-11H2,1-2H3,(H,30,34)(H,31,35)(H2,27,32,33)/t18-/m0/s1. The zero-order valence-electron chi connectivity index (χ0n) is 19.9. The molecule has 1 atom stereocenters. The Morgan fingerprint density at radius 2 is 2.08 bits per heavy atom. The van der Waals surface area contributed by atoms with E-state index < -0.39 is 0 Å². The fourth-order valence-corrected chi connectivity index (χ4v) is 4.93. The Morgan fingerprint density at radius 1 is 1.19 bits per heavy atom. The molecule has 0 saturated carbocycles. The number of carbonyl (C=O) groups is 2. The maximum absolute atomic E-state index is 13.2. The first-order valence-corrected chi connectivity index (χ1v) is 11.9. The van der Waals surface area contributed by atoms with Crippen molar-refractivity contribution in [3.8, 4) is 5.75 Å². The Bertz CT molecular complexity index is 1530. The maximum atomic E-state index is 13.2. The highest BCUT2D eigenvalue weighted by atomic mass is 16.5. The van der Waals surface area contributed by atoms with E-state index in [2.05, 4.69) is 62.1 Å². The largest absolute Gasteiger partial charge is 0.482 e. The van der Waals surface area contributed by atoms with Crippen LogP contribution in [0, 0.1) is 13.8 Å². The van der Waals surface area contributed by atoms with Gasteiger partial charge in [-0.05, 0) is 66.6 Å². The lowest BCUT2D eigenvalue weighted by Gasteiger charge is -2.18. The van der Waals surface area contributed by atoms with E-state index in [0.717, 1.165) is 18.4 Å². The van der Waals surface area contributed by atoms with E-state index in [0.29, 0.717) is 34.8 Å². The van der Waals surface area contributed by atoms with Crippen molar-refractivity contribution in [1.29, 1.82) is 0 Å². The van der Waals surface area contributed by atoms with E-state index in [4.69, 9.17) is 4.74 Å². The minimum atomic E-state index is -0.265. The molecule has 3 heterocycles. The molecule has 10 heteroatoms. The molecule has 1 aliphatic heterocycles. The van der Waals surface area contributed by atoms with Gasteiger partial charge in [-0.2, -0.15) is 5.10 Å². The fourth-order valence-electron chi connectivity index (χ4n) is 4.93. The minimum absolute atomic E-state index is 0.0199. The van der Waals surface area contributed by atoms with E-state index in [1.165, 1.54) is 28.6 Å². The summed E-state index contributed by atoms with van der Waals surface area (Å²) in [6.07, 6.45) is 3.19. The number of anilines is 2. The molecule has 2 aliphatic rings. The molecule has 0 spiro atoms. The zero-order chi connectivity index (χ0) is 24.8. The monoisotopic (exact) mass is 483 g/mol. The Balaban J connectivity index is 1.20. The van der Waals surface area contributed by atoms with Crippen molar-refractivity contribution in [1.82, 2.24) is 25.5 Å². The molecule has 0 bridgehead atoms. The second-order valence-electron chi connectivity index (χ2n) is 9.18. The van der Waals surface area contributed by atoms with Gasteiger partial charge in [0.1, 0.15) is 23.1 Å². The minimum Gasteiger partial charge on any atom is -0.482 e. The van der Waals surface area contributed by atoms with E-state index in [9.17, 15) is 9.59 Å². The van der Waals surface area contributed by atoms with Crippen molar-refractivity contribution in [3.63, 3.8) is 0 Å². The summed E-state index contributed by atoms with van der Waals surface area (Å²) < 4.78 is 5.41. The number of rotatable bonds is 5. The fraction of sp³-hybridized carbons (Fsp3) is 0.269. The lowest BCUT2D eigenvalue weighted by Crippen LogP contribution is -2.28. The zero-order valence-corrected chi connectivity index (χ0v) is 19.9. The van der Waals surface area contributed by atoms with Gasteiger partial charge < -0.3 is 20.7 Å². The van der Waals surface area contributed by atoms with E-state index >= 15 is 0 Å². The van der Waals surface area contributed by atoms with Crippen molar-refractivity contribution >= 4 is 34.4 Å². The third kappa shape index (κ3) is 3.80. The Morgan fingerprint density at radius 3 is 2.97 bits per heavy atom. The number of fused-ring (bicyclic) bond motifs is 3. The van der Waals surface area contributed by atoms with E-state index in [1.807, 2.05) is 18.2 Å². The van der Waals surface area contributed by atoms with Crippen molar-refractivity contribution in [2.75, 3.05) is 17.2 Å². The molecule has 0 fully saturated rings. The van der Waals surface area contributed by atoms with Crippen LogP contribution in [0.3, 0.4) is 0 Å². The molecule has 1 aliphatic carbocycles. The van der Waals surface area contributed by atoms with Crippen LogP contribution >= 0.6 is 0 Å². The maximum Gasteiger partial charge on any atom is 0.272 e. The summed E-state index contributed by atoms with van der Waals surface area (Å²) in [6.45, 7) is 4.71. The molecular weight excluding hydrogens is 458 g/mol. The van der Waals surface area contributed by atoms with Gasteiger partial charge in [-0.3, -0.25) is 14.7 Å². The van der Waals surface area contributed by atoms with Crippen LogP contribution in [-0.4, -0.2) is 38.6 Å². The van der Waals surface area contributed by atoms with Crippen LogP contribution in [0.5, 0.6) is 5.75 Å². The third-order valence-electron chi connectivity index (χ3n) is 6.97. The topological polar surface area (TPSA) is 134 Å². The number of carbonyl (C=O) groups excluding carboxylic acids is 2. The molecule has 4 aromatic rings. The van der Waals surface area contributed by atoms with Gasteiger partial charge in [0.05, 0.1) is 11.7 Å². The highest BCUT2D eigenvalue weighted by Crippen LogP contribution is 2.35. The number of benzene rings is 2. The number of hydrogen-bond donors (Lipinski definition) is 4. The van der Waals surface area contributed by atoms with Crippen molar-refractivity contribution in [3.05, 3.63) is 70.2 Å². The van der Waals surface area contributed by atoms with Gasteiger partial charge in [0.15, 0.2) is 18.1 Å². The van der Waals surface area contributed by atoms with Crippen molar-refractivity contribution < 1.29 is 14.3 Å². The van der Waals surface area contributed by atoms with Gasteiger partial charge in [-0.1, -0.05) is 18.2 Å². The number of hydrogen-bond acceptors (Lipinski definition) is 7. The Kier molecular flexibility index (Phi) is 5.28. The molecule has 6 rings (SSSR count). The molecule has 2 aromatic heterocycles. The van der Waals surface area contributed by atoms with Gasteiger partial charge in [-0.25, -0.2) is 9.97 Å².